The van der Waals surface area contributed by atoms with E-state index >= 15 is 0 Å². The van der Waals surface area contributed by atoms with Gasteiger partial charge in [-0.1, -0.05) is 23.8 Å². The predicted molar refractivity (Wildman–Crippen MR) is 73.8 cm³/mol. The third kappa shape index (κ3) is 2.31. The summed E-state index contributed by atoms with van der Waals surface area (Å²) in [5.74, 6) is -0.562. The molecule has 0 atom stereocenters. The molecule has 0 spiro atoms. The summed E-state index contributed by atoms with van der Waals surface area (Å²) in [6, 6.07) is 4.91. The Bertz CT molecular complexity index is 666. The Morgan fingerprint density at radius 1 is 1.47 bits per heavy atom. The molecule has 0 aliphatic carbocycles. The number of rotatable bonds is 2. The summed E-state index contributed by atoms with van der Waals surface area (Å²) in [5, 5.41) is 10.2. The summed E-state index contributed by atoms with van der Waals surface area (Å²) < 4.78 is 0.462. The van der Waals surface area contributed by atoms with Crippen molar-refractivity contribution in [1.82, 2.24) is 4.98 Å². The topological polar surface area (TPSA) is 53.1 Å². The highest BCUT2D eigenvalue weighted by atomic mass is 35.5. The molecule has 3 nitrogen and oxygen atoms in total. The summed E-state index contributed by atoms with van der Waals surface area (Å²) in [6.45, 7) is 0. The molecule has 0 unspecified atom stereocenters. The van der Waals surface area contributed by atoms with Crippen LogP contribution in [0.1, 0.15) is 16.1 Å². The second-order valence-electron chi connectivity index (χ2n) is 3.50. The van der Waals surface area contributed by atoms with E-state index in [-0.39, 0.29) is 5.69 Å². The molecule has 0 saturated carbocycles. The lowest BCUT2D eigenvalue weighted by Crippen LogP contribution is -2.00. The van der Waals surface area contributed by atoms with Crippen LogP contribution in [-0.4, -0.2) is 16.1 Å². The zero-order valence-electron chi connectivity index (χ0n) is 8.53. The number of H-pyrrole nitrogens is 1. The number of aromatic nitrogens is 1. The van der Waals surface area contributed by atoms with E-state index in [1.54, 1.807) is 12.1 Å². The molecular formula is C11H8ClNO2S2. The lowest BCUT2D eigenvalue weighted by Gasteiger charge is -2.06. The highest BCUT2D eigenvalue weighted by Gasteiger charge is 2.08. The molecule has 0 saturated heterocycles. The van der Waals surface area contributed by atoms with Gasteiger partial charge in [-0.2, -0.15) is 12.6 Å². The van der Waals surface area contributed by atoms with E-state index in [9.17, 15) is 4.79 Å². The van der Waals surface area contributed by atoms with Crippen molar-refractivity contribution in [2.75, 3.05) is 0 Å². The van der Waals surface area contributed by atoms with Crippen LogP contribution in [0.2, 0.25) is 5.02 Å². The SMILES string of the molecule is O=C(O)c1cc(=S)c2cc(Cl)c(CS)cc2[nH]1. The number of thiol groups is 1. The largest absolute Gasteiger partial charge is 0.477 e. The van der Waals surface area contributed by atoms with Gasteiger partial charge in [0.1, 0.15) is 5.69 Å². The van der Waals surface area contributed by atoms with Gasteiger partial charge in [0, 0.05) is 26.2 Å². The second kappa shape index (κ2) is 4.68. The molecule has 0 aliphatic heterocycles. The van der Waals surface area contributed by atoms with E-state index in [1.807, 2.05) is 0 Å². The van der Waals surface area contributed by atoms with Gasteiger partial charge in [-0.15, -0.1) is 0 Å². The Morgan fingerprint density at radius 3 is 2.76 bits per heavy atom. The number of aromatic amines is 1. The standard InChI is InChI=1S/C11H8ClNO2S2/c12-7-2-6-8(1-5(7)4-16)13-9(11(14)15)3-10(6)17/h1-3,16H,4H2,(H,13,17)(H,14,15). The van der Waals surface area contributed by atoms with Crippen LogP contribution >= 0.6 is 36.4 Å². The van der Waals surface area contributed by atoms with Crippen molar-refractivity contribution in [3.05, 3.63) is 39.0 Å². The van der Waals surface area contributed by atoms with Gasteiger partial charge in [-0.05, 0) is 23.8 Å². The highest BCUT2D eigenvalue weighted by molar-refractivity contribution is 7.79. The molecule has 1 aromatic carbocycles. The summed E-state index contributed by atoms with van der Waals surface area (Å²) in [7, 11) is 0. The Labute approximate surface area is 113 Å². The van der Waals surface area contributed by atoms with Crippen LogP contribution in [0.4, 0.5) is 0 Å². The zero-order chi connectivity index (χ0) is 12.6. The number of nitrogens with one attached hydrogen (secondary N) is 1. The fourth-order valence-electron chi connectivity index (χ4n) is 1.55. The molecule has 0 bridgehead atoms. The van der Waals surface area contributed by atoms with Crippen LogP contribution in [0, 0.1) is 4.51 Å². The number of aromatic carboxylic acids is 1. The van der Waals surface area contributed by atoms with Gasteiger partial charge in [0.2, 0.25) is 0 Å². The molecule has 0 aliphatic rings. The Balaban J connectivity index is 2.83. The van der Waals surface area contributed by atoms with Crippen LogP contribution in [0.5, 0.6) is 0 Å². The second-order valence-corrected chi connectivity index (χ2v) is 4.66. The van der Waals surface area contributed by atoms with Gasteiger partial charge >= 0.3 is 5.97 Å². The average molecular weight is 286 g/mol. The van der Waals surface area contributed by atoms with Gasteiger partial charge < -0.3 is 10.1 Å². The first-order valence-electron chi connectivity index (χ1n) is 4.72. The Kier molecular flexibility index (Phi) is 3.42. The van der Waals surface area contributed by atoms with E-state index < -0.39 is 5.97 Å². The molecule has 17 heavy (non-hydrogen) atoms. The monoisotopic (exact) mass is 285 g/mol. The van der Waals surface area contributed by atoms with E-state index in [0.29, 0.717) is 20.8 Å². The van der Waals surface area contributed by atoms with E-state index in [1.165, 1.54) is 6.07 Å². The number of carboxylic acid groups (broad SMARTS) is 1. The van der Waals surface area contributed by atoms with Gasteiger partial charge in [-0.3, -0.25) is 0 Å². The molecule has 2 N–H and O–H groups in total. The molecule has 6 heteroatoms. The fourth-order valence-corrected chi connectivity index (χ4v) is 2.42. The maximum absolute atomic E-state index is 10.9. The van der Waals surface area contributed by atoms with Gasteiger partial charge in [0.25, 0.3) is 0 Å². The first-order chi connectivity index (χ1) is 8.02. The first kappa shape index (κ1) is 12.4. The van der Waals surface area contributed by atoms with Crippen molar-refractivity contribution in [2.45, 2.75) is 5.75 Å². The smallest absolute Gasteiger partial charge is 0.352 e. The number of carboxylic acids is 1. The minimum Gasteiger partial charge on any atom is -0.477 e. The lowest BCUT2D eigenvalue weighted by atomic mass is 10.1. The number of pyridine rings is 1. The summed E-state index contributed by atoms with van der Waals surface area (Å²) in [6.07, 6.45) is 0. The first-order valence-corrected chi connectivity index (χ1v) is 6.14. The number of hydrogen-bond donors (Lipinski definition) is 3. The molecule has 0 radical (unpaired) electrons. The number of fused-ring (bicyclic) bond motifs is 1. The van der Waals surface area contributed by atoms with Gasteiger partial charge in [-0.25, -0.2) is 4.79 Å². The van der Waals surface area contributed by atoms with Crippen molar-refractivity contribution >= 4 is 53.3 Å². The molecule has 2 aromatic rings. The van der Waals surface area contributed by atoms with Crippen LogP contribution in [-0.2, 0) is 5.75 Å². The van der Waals surface area contributed by atoms with Crippen LogP contribution in [0.15, 0.2) is 18.2 Å². The Hall–Kier alpha value is -1.04. The van der Waals surface area contributed by atoms with E-state index in [4.69, 9.17) is 28.9 Å². The van der Waals surface area contributed by atoms with Crippen molar-refractivity contribution in [2.24, 2.45) is 0 Å². The van der Waals surface area contributed by atoms with Gasteiger partial charge in [0.05, 0.1) is 0 Å². The third-order valence-electron chi connectivity index (χ3n) is 2.40. The normalized spacial score (nSPS) is 10.7. The van der Waals surface area contributed by atoms with E-state index in [0.717, 1.165) is 10.9 Å². The highest BCUT2D eigenvalue weighted by Crippen LogP contribution is 2.25. The maximum Gasteiger partial charge on any atom is 0.352 e. The number of hydrogen-bond acceptors (Lipinski definition) is 3. The van der Waals surface area contributed by atoms with Crippen molar-refractivity contribution in [1.29, 1.82) is 0 Å². The van der Waals surface area contributed by atoms with Crippen LogP contribution < -0.4 is 0 Å². The summed E-state index contributed by atoms with van der Waals surface area (Å²) >= 11 is 15.3. The fraction of sp³-hybridized carbons (Fsp3) is 0.0909. The molecular weight excluding hydrogens is 278 g/mol. The van der Waals surface area contributed by atoms with Crippen LogP contribution in [0.3, 0.4) is 0 Å². The average Bonchev–Trinajstić information content (AvgIpc) is 2.29. The summed E-state index contributed by atoms with van der Waals surface area (Å²) in [4.78, 5) is 13.7. The minimum atomic E-state index is -1.04. The number of halogens is 1. The molecule has 1 aromatic heterocycles. The third-order valence-corrected chi connectivity index (χ3v) is 3.43. The zero-order valence-corrected chi connectivity index (χ0v) is 11.0. The molecule has 0 amide bonds. The van der Waals surface area contributed by atoms with E-state index in [2.05, 4.69) is 17.6 Å². The number of carbonyl (C=O) groups is 1. The lowest BCUT2D eigenvalue weighted by molar-refractivity contribution is 0.0691. The van der Waals surface area contributed by atoms with Crippen molar-refractivity contribution in [3.63, 3.8) is 0 Å². The van der Waals surface area contributed by atoms with Gasteiger partial charge in [0.15, 0.2) is 0 Å². The molecule has 0 fully saturated rings. The maximum atomic E-state index is 10.9. The number of benzene rings is 1. The quantitative estimate of drug-likeness (QED) is 0.583. The van der Waals surface area contributed by atoms with Crippen LogP contribution in [0.25, 0.3) is 10.9 Å². The Morgan fingerprint density at radius 2 is 2.18 bits per heavy atom. The molecule has 1 heterocycles. The molecule has 2 rings (SSSR count). The minimum absolute atomic E-state index is 0.0648. The molecule has 88 valence electrons. The summed E-state index contributed by atoms with van der Waals surface area (Å²) in [5.41, 5.74) is 1.55. The predicted octanol–water partition coefficient (Wildman–Crippen LogP) is 3.68. The van der Waals surface area contributed by atoms with Crippen molar-refractivity contribution in [3.8, 4) is 0 Å². The van der Waals surface area contributed by atoms with Crippen molar-refractivity contribution < 1.29 is 9.90 Å².